The molecule has 1 amide bonds. The third-order valence-corrected chi connectivity index (χ3v) is 6.47. The minimum absolute atomic E-state index is 0.102. The van der Waals surface area contributed by atoms with Crippen molar-refractivity contribution < 1.29 is 9.18 Å². The van der Waals surface area contributed by atoms with Gasteiger partial charge < -0.3 is 26.3 Å². The summed E-state index contributed by atoms with van der Waals surface area (Å²) in [6.07, 6.45) is 6.14. The molecule has 1 saturated heterocycles. The maximum Gasteiger partial charge on any atom is 0.242 e. The van der Waals surface area contributed by atoms with Gasteiger partial charge in [0.1, 0.15) is 23.2 Å². The number of nitrogens with zero attached hydrogens (tertiary/aromatic N) is 5. The Labute approximate surface area is 185 Å². The van der Waals surface area contributed by atoms with Crippen LogP contribution in [0.1, 0.15) is 37.3 Å². The summed E-state index contributed by atoms with van der Waals surface area (Å²) in [5, 5.41) is 3.03. The molecular weight excluding hydrogens is 411 g/mol. The van der Waals surface area contributed by atoms with Gasteiger partial charge in [-0.3, -0.25) is 4.79 Å². The number of hydrogen-bond donors (Lipinski definition) is 3. The first-order valence-electron chi connectivity index (χ1n) is 11.0. The van der Waals surface area contributed by atoms with E-state index in [1.54, 1.807) is 12.4 Å². The van der Waals surface area contributed by atoms with Crippen molar-refractivity contribution in [3.8, 4) is 0 Å². The van der Waals surface area contributed by atoms with Gasteiger partial charge in [0.05, 0.1) is 12.9 Å². The van der Waals surface area contributed by atoms with Crippen LogP contribution in [0.25, 0.3) is 11.2 Å². The van der Waals surface area contributed by atoms with Crippen LogP contribution in [0.5, 0.6) is 0 Å². The lowest BCUT2D eigenvalue weighted by atomic mass is 9.98. The van der Waals surface area contributed by atoms with Gasteiger partial charge in [0.15, 0.2) is 11.5 Å². The van der Waals surface area contributed by atoms with E-state index < -0.39 is 5.54 Å². The van der Waals surface area contributed by atoms with E-state index in [4.69, 9.17) is 11.5 Å². The van der Waals surface area contributed by atoms with Crippen molar-refractivity contribution >= 4 is 28.6 Å². The maximum absolute atomic E-state index is 14.8. The fourth-order valence-electron chi connectivity index (χ4n) is 4.47. The number of nitrogens with two attached hydrogens (primary N) is 2. The Balaban J connectivity index is 1.49. The molecule has 5 rings (SSSR count). The van der Waals surface area contributed by atoms with Crippen LogP contribution in [0.2, 0.25) is 0 Å². The summed E-state index contributed by atoms with van der Waals surface area (Å²) in [6.45, 7) is 3.30. The Hall–Kier alpha value is -3.27. The largest absolute Gasteiger partial charge is 0.382 e. The Kier molecular flexibility index (Phi) is 4.96. The van der Waals surface area contributed by atoms with Crippen LogP contribution in [0.4, 0.5) is 15.9 Å². The highest BCUT2D eigenvalue weighted by molar-refractivity contribution is 5.88. The molecule has 32 heavy (non-hydrogen) atoms. The van der Waals surface area contributed by atoms with E-state index in [0.717, 1.165) is 24.1 Å². The van der Waals surface area contributed by atoms with E-state index in [-0.39, 0.29) is 17.8 Å². The van der Waals surface area contributed by atoms with Crippen molar-refractivity contribution in [1.29, 1.82) is 0 Å². The molecule has 5 N–H and O–H groups in total. The Morgan fingerprint density at radius 2 is 2.09 bits per heavy atom. The lowest BCUT2D eigenvalue weighted by Crippen LogP contribution is -2.56. The van der Waals surface area contributed by atoms with E-state index >= 15 is 0 Å². The first kappa shape index (κ1) is 20.6. The second kappa shape index (κ2) is 7.70. The summed E-state index contributed by atoms with van der Waals surface area (Å²) in [4.78, 5) is 27.4. The minimum atomic E-state index is -0.954. The molecule has 1 saturated carbocycles. The molecule has 0 bridgehead atoms. The standard InChI is InChI=1S/C22H27FN8O/c1-2-14-15(9-31-12-28-18-19(24)26-11-27-20(18)31)17(6-5-16(14)23)30-8-7-22(25,10-30)21(32)29-13-3-4-13/h5-6,11-13H,2-4,7-10,25H2,1H3,(H,29,32)(H2,24,26,27)/t22-/m1/s1. The van der Waals surface area contributed by atoms with Crippen LogP contribution < -0.4 is 21.7 Å². The van der Waals surface area contributed by atoms with Crippen LogP contribution in [-0.2, 0) is 17.8 Å². The highest BCUT2D eigenvalue weighted by Crippen LogP contribution is 2.33. The summed E-state index contributed by atoms with van der Waals surface area (Å²) in [6, 6.07) is 3.52. The number of nitrogens with one attached hydrogen (secondary N) is 1. The third-order valence-electron chi connectivity index (χ3n) is 6.47. The zero-order valence-corrected chi connectivity index (χ0v) is 18.0. The molecule has 3 heterocycles. The van der Waals surface area contributed by atoms with Crippen LogP contribution in [-0.4, -0.2) is 50.1 Å². The normalized spacial score (nSPS) is 20.8. The summed E-state index contributed by atoms with van der Waals surface area (Å²) < 4.78 is 16.6. The maximum atomic E-state index is 14.8. The van der Waals surface area contributed by atoms with Crippen LogP contribution in [0.3, 0.4) is 0 Å². The van der Waals surface area contributed by atoms with Crippen LogP contribution in [0.15, 0.2) is 24.8 Å². The summed E-state index contributed by atoms with van der Waals surface area (Å²) in [7, 11) is 0. The van der Waals surface area contributed by atoms with Crippen LogP contribution in [0, 0.1) is 5.82 Å². The van der Waals surface area contributed by atoms with E-state index in [1.165, 1.54) is 12.4 Å². The van der Waals surface area contributed by atoms with Gasteiger partial charge in [-0.25, -0.2) is 19.3 Å². The first-order valence-corrected chi connectivity index (χ1v) is 11.0. The number of imidazole rings is 1. The second-order valence-corrected chi connectivity index (χ2v) is 8.76. The number of hydrogen-bond acceptors (Lipinski definition) is 7. The second-order valence-electron chi connectivity index (χ2n) is 8.76. The summed E-state index contributed by atoms with van der Waals surface area (Å²) in [5.74, 6) is -0.0535. The highest BCUT2D eigenvalue weighted by Gasteiger charge is 2.43. The number of nitrogen functional groups attached to an aromatic ring is 1. The lowest BCUT2D eigenvalue weighted by Gasteiger charge is -2.27. The molecule has 0 unspecified atom stereocenters. The molecule has 1 aliphatic carbocycles. The summed E-state index contributed by atoms with van der Waals surface area (Å²) >= 11 is 0. The van der Waals surface area contributed by atoms with Crippen molar-refractivity contribution in [2.24, 2.45) is 5.73 Å². The molecular formula is C22H27FN8O. The number of halogens is 1. The zero-order valence-electron chi connectivity index (χ0n) is 18.0. The fourth-order valence-corrected chi connectivity index (χ4v) is 4.47. The van der Waals surface area contributed by atoms with Gasteiger partial charge in [0, 0.05) is 30.4 Å². The number of carbonyl (C=O) groups excluding carboxylic acids is 1. The SMILES string of the molecule is CCc1c(F)ccc(N2CC[C@](N)(C(=O)NC3CC3)C2)c1Cn1cnc2c(N)ncnc21. The average Bonchev–Trinajstić information content (AvgIpc) is 3.35. The van der Waals surface area contributed by atoms with Crippen LogP contribution >= 0.6 is 0 Å². The average molecular weight is 439 g/mol. The number of benzene rings is 1. The smallest absolute Gasteiger partial charge is 0.242 e. The highest BCUT2D eigenvalue weighted by atomic mass is 19.1. The van der Waals surface area contributed by atoms with E-state index in [1.807, 2.05) is 11.5 Å². The van der Waals surface area contributed by atoms with Gasteiger partial charge >= 0.3 is 0 Å². The molecule has 10 heteroatoms. The van der Waals surface area contributed by atoms with Crippen molar-refractivity contribution in [2.75, 3.05) is 23.7 Å². The van der Waals surface area contributed by atoms with Gasteiger partial charge in [0.2, 0.25) is 5.91 Å². The quantitative estimate of drug-likeness (QED) is 0.530. The number of carbonyl (C=O) groups is 1. The predicted molar refractivity (Wildman–Crippen MR) is 120 cm³/mol. The van der Waals surface area contributed by atoms with Crippen molar-refractivity contribution in [2.45, 2.75) is 50.7 Å². The monoisotopic (exact) mass is 438 g/mol. The Morgan fingerprint density at radius 1 is 1.28 bits per heavy atom. The van der Waals surface area contributed by atoms with E-state index in [2.05, 4.69) is 25.2 Å². The van der Waals surface area contributed by atoms with Crippen molar-refractivity contribution in [1.82, 2.24) is 24.8 Å². The van der Waals surface area contributed by atoms with E-state index in [0.29, 0.717) is 55.0 Å². The lowest BCUT2D eigenvalue weighted by molar-refractivity contribution is -0.125. The van der Waals surface area contributed by atoms with Gasteiger partial charge in [-0.1, -0.05) is 6.92 Å². The molecule has 3 aromatic rings. The third kappa shape index (κ3) is 3.54. The molecule has 0 radical (unpaired) electrons. The molecule has 1 aromatic carbocycles. The van der Waals surface area contributed by atoms with Gasteiger partial charge in [0.25, 0.3) is 0 Å². The fraction of sp³-hybridized carbons (Fsp3) is 0.455. The predicted octanol–water partition coefficient (Wildman–Crippen LogP) is 1.34. The van der Waals surface area contributed by atoms with Gasteiger partial charge in [-0.05, 0) is 43.4 Å². The Morgan fingerprint density at radius 3 is 2.84 bits per heavy atom. The number of anilines is 2. The number of amides is 1. The molecule has 1 aliphatic heterocycles. The topological polar surface area (TPSA) is 128 Å². The molecule has 2 aliphatic rings. The molecule has 9 nitrogen and oxygen atoms in total. The van der Waals surface area contributed by atoms with Gasteiger partial charge in [-0.2, -0.15) is 0 Å². The molecule has 168 valence electrons. The van der Waals surface area contributed by atoms with Gasteiger partial charge in [-0.15, -0.1) is 0 Å². The number of aromatic nitrogens is 4. The zero-order chi connectivity index (χ0) is 22.5. The number of rotatable bonds is 6. The first-order chi connectivity index (χ1) is 15.4. The summed E-state index contributed by atoms with van der Waals surface area (Å²) in [5.41, 5.74) is 14.9. The molecule has 2 aromatic heterocycles. The molecule has 0 spiro atoms. The Bertz CT molecular complexity index is 1190. The van der Waals surface area contributed by atoms with Crippen molar-refractivity contribution in [3.05, 3.63) is 41.7 Å². The molecule has 2 fully saturated rings. The van der Waals surface area contributed by atoms with Crippen molar-refractivity contribution in [3.63, 3.8) is 0 Å². The molecule has 1 atom stereocenters. The minimum Gasteiger partial charge on any atom is -0.382 e. The number of fused-ring (bicyclic) bond motifs is 1. The van der Waals surface area contributed by atoms with E-state index in [9.17, 15) is 9.18 Å².